The summed E-state index contributed by atoms with van der Waals surface area (Å²) in [7, 11) is 1.97. The van der Waals surface area contributed by atoms with Crippen LogP contribution < -0.4 is 5.32 Å². The Bertz CT molecular complexity index is 481. The Hall–Kier alpha value is -1.33. The Morgan fingerprint density at radius 3 is 2.82 bits per heavy atom. The minimum atomic E-state index is 0.246. The fourth-order valence-electron chi connectivity index (χ4n) is 1.82. The first-order valence-electron chi connectivity index (χ1n) is 5.57. The Balaban J connectivity index is 2.25. The van der Waals surface area contributed by atoms with Gasteiger partial charge in [-0.25, -0.2) is 4.98 Å². The molecule has 1 N–H and O–H groups in total. The smallest absolute Gasteiger partial charge is 0.0943 e. The van der Waals surface area contributed by atoms with E-state index in [1.165, 1.54) is 5.56 Å². The van der Waals surface area contributed by atoms with Gasteiger partial charge >= 0.3 is 0 Å². The molecule has 1 unspecified atom stereocenters. The number of likely N-dealkylation sites (N-methyl/N-ethyl adjacent to an activating group) is 1. The lowest BCUT2D eigenvalue weighted by atomic mass is 10.0. The number of hydrogen-bond donors (Lipinski definition) is 1. The molecular formula is C12H16N4S. The highest BCUT2D eigenvalue weighted by molar-refractivity contribution is 7.09. The molecule has 2 aromatic rings. The van der Waals surface area contributed by atoms with Crippen LogP contribution in [0.25, 0.3) is 0 Å². The van der Waals surface area contributed by atoms with Gasteiger partial charge in [-0.2, -0.15) is 10.2 Å². The predicted molar refractivity (Wildman–Crippen MR) is 69.1 cm³/mol. The average molecular weight is 248 g/mol. The summed E-state index contributed by atoms with van der Waals surface area (Å²) in [5.41, 5.74) is 3.13. The van der Waals surface area contributed by atoms with Crippen molar-refractivity contribution in [3.05, 3.63) is 39.6 Å². The summed E-state index contributed by atoms with van der Waals surface area (Å²) in [6.07, 6.45) is 2.73. The van der Waals surface area contributed by atoms with E-state index in [1.54, 1.807) is 11.3 Å². The first kappa shape index (κ1) is 12.1. The van der Waals surface area contributed by atoms with Crippen LogP contribution in [-0.4, -0.2) is 22.2 Å². The molecule has 0 aliphatic rings. The molecule has 0 amide bonds. The van der Waals surface area contributed by atoms with Crippen LogP contribution in [0.3, 0.4) is 0 Å². The van der Waals surface area contributed by atoms with Gasteiger partial charge in [0.25, 0.3) is 0 Å². The van der Waals surface area contributed by atoms with E-state index in [2.05, 4.69) is 26.6 Å². The van der Waals surface area contributed by atoms with E-state index in [1.807, 2.05) is 32.5 Å². The monoisotopic (exact) mass is 248 g/mol. The quantitative estimate of drug-likeness (QED) is 0.899. The number of rotatable bonds is 4. The Kier molecular flexibility index (Phi) is 3.81. The lowest BCUT2D eigenvalue weighted by Crippen LogP contribution is -2.20. The van der Waals surface area contributed by atoms with Crippen molar-refractivity contribution >= 4 is 11.3 Å². The lowest BCUT2D eigenvalue weighted by molar-refractivity contribution is 0.580. The second-order valence-corrected chi connectivity index (χ2v) is 4.98. The summed E-state index contributed by atoms with van der Waals surface area (Å²) >= 11 is 1.68. The Morgan fingerprint density at radius 1 is 1.35 bits per heavy atom. The number of nitrogens with one attached hydrogen (secondary N) is 1. The van der Waals surface area contributed by atoms with Crippen LogP contribution >= 0.6 is 11.3 Å². The van der Waals surface area contributed by atoms with Crippen LogP contribution in [0.5, 0.6) is 0 Å². The minimum absolute atomic E-state index is 0.246. The van der Waals surface area contributed by atoms with Gasteiger partial charge in [-0.3, -0.25) is 0 Å². The standard InChI is InChI=1S/C12H16N4S/c1-8-6-10(9(2)16-15-8)11(13-3)7-12-14-4-5-17-12/h4-6,11,13H,7H2,1-3H3. The van der Waals surface area contributed by atoms with Crippen molar-refractivity contribution in [3.8, 4) is 0 Å². The maximum absolute atomic E-state index is 4.32. The number of aromatic nitrogens is 3. The van der Waals surface area contributed by atoms with Crippen molar-refractivity contribution in [1.82, 2.24) is 20.5 Å². The van der Waals surface area contributed by atoms with Gasteiger partial charge in [0.1, 0.15) is 0 Å². The third kappa shape index (κ3) is 2.87. The molecule has 2 heterocycles. The molecule has 0 saturated heterocycles. The van der Waals surface area contributed by atoms with Crippen molar-refractivity contribution < 1.29 is 0 Å². The van der Waals surface area contributed by atoms with Crippen LogP contribution in [0.15, 0.2) is 17.6 Å². The molecule has 1 atom stereocenters. The molecule has 0 aliphatic heterocycles. The SMILES string of the molecule is CNC(Cc1nccs1)c1cc(C)nnc1C. The van der Waals surface area contributed by atoms with E-state index in [0.29, 0.717) is 0 Å². The fourth-order valence-corrected chi connectivity index (χ4v) is 2.48. The highest BCUT2D eigenvalue weighted by atomic mass is 32.1. The number of nitrogens with zero attached hydrogens (tertiary/aromatic N) is 3. The van der Waals surface area contributed by atoms with Gasteiger partial charge in [0, 0.05) is 24.0 Å². The minimum Gasteiger partial charge on any atom is -0.313 e. The summed E-state index contributed by atoms with van der Waals surface area (Å²) < 4.78 is 0. The topological polar surface area (TPSA) is 50.7 Å². The molecule has 5 heteroatoms. The van der Waals surface area contributed by atoms with Crippen molar-refractivity contribution in [1.29, 1.82) is 0 Å². The predicted octanol–water partition coefficient (Wildman–Crippen LogP) is 2.05. The second kappa shape index (κ2) is 5.33. The zero-order chi connectivity index (χ0) is 12.3. The van der Waals surface area contributed by atoms with Crippen LogP contribution in [0.2, 0.25) is 0 Å². The third-order valence-electron chi connectivity index (χ3n) is 2.73. The van der Waals surface area contributed by atoms with Gasteiger partial charge in [0.15, 0.2) is 0 Å². The Morgan fingerprint density at radius 2 is 2.18 bits per heavy atom. The van der Waals surface area contributed by atoms with Crippen molar-refractivity contribution in [2.45, 2.75) is 26.3 Å². The zero-order valence-corrected chi connectivity index (χ0v) is 11.1. The molecule has 0 saturated carbocycles. The van der Waals surface area contributed by atoms with Crippen molar-refractivity contribution in [2.75, 3.05) is 7.05 Å². The largest absolute Gasteiger partial charge is 0.313 e. The van der Waals surface area contributed by atoms with Crippen molar-refractivity contribution in [3.63, 3.8) is 0 Å². The van der Waals surface area contributed by atoms with E-state index < -0.39 is 0 Å². The number of hydrogen-bond acceptors (Lipinski definition) is 5. The highest BCUT2D eigenvalue weighted by Crippen LogP contribution is 2.21. The molecule has 0 radical (unpaired) electrons. The first-order valence-corrected chi connectivity index (χ1v) is 6.45. The summed E-state index contributed by atoms with van der Waals surface area (Å²) in [6, 6.07) is 2.34. The maximum Gasteiger partial charge on any atom is 0.0943 e. The van der Waals surface area contributed by atoms with E-state index in [9.17, 15) is 0 Å². The Labute approximate surface area is 105 Å². The highest BCUT2D eigenvalue weighted by Gasteiger charge is 2.15. The molecule has 17 heavy (non-hydrogen) atoms. The van der Waals surface area contributed by atoms with E-state index in [4.69, 9.17) is 0 Å². The van der Waals surface area contributed by atoms with E-state index in [0.717, 1.165) is 22.8 Å². The second-order valence-electron chi connectivity index (χ2n) is 4.00. The summed E-state index contributed by atoms with van der Waals surface area (Å²) in [5, 5.41) is 14.7. The van der Waals surface area contributed by atoms with Gasteiger partial charge in [-0.1, -0.05) is 0 Å². The molecule has 0 bridgehead atoms. The van der Waals surface area contributed by atoms with Gasteiger partial charge < -0.3 is 5.32 Å². The van der Waals surface area contributed by atoms with Crippen LogP contribution in [-0.2, 0) is 6.42 Å². The van der Waals surface area contributed by atoms with Gasteiger partial charge in [0.05, 0.1) is 16.4 Å². The molecule has 2 aromatic heterocycles. The van der Waals surface area contributed by atoms with E-state index >= 15 is 0 Å². The lowest BCUT2D eigenvalue weighted by Gasteiger charge is -2.17. The fraction of sp³-hybridized carbons (Fsp3) is 0.417. The first-order chi connectivity index (χ1) is 8.20. The number of aryl methyl sites for hydroxylation is 2. The average Bonchev–Trinajstić information content (AvgIpc) is 2.82. The van der Waals surface area contributed by atoms with Gasteiger partial charge in [-0.05, 0) is 32.5 Å². The summed E-state index contributed by atoms with van der Waals surface area (Å²) in [4.78, 5) is 4.32. The maximum atomic E-state index is 4.32. The van der Waals surface area contributed by atoms with Crippen molar-refractivity contribution in [2.24, 2.45) is 0 Å². The molecule has 0 aromatic carbocycles. The molecule has 4 nitrogen and oxygen atoms in total. The van der Waals surface area contributed by atoms with Crippen LogP contribution in [0.1, 0.15) is 28.0 Å². The molecular weight excluding hydrogens is 232 g/mol. The molecule has 90 valence electrons. The zero-order valence-electron chi connectivity index (χ0n) is 10.3. The third-order valence-corrected chi connectivity index (χ3v) is 3.53. The van der Waals surface area contributed by atoms with E-state index in [-0.39, 0.29) is 6.04 Å². The molecule has 0 aliphatic carbocycles. The van der Waals surface area contributed by atoms with Crippen LogP contribution in [0, 0.1) is 13.8 Å². The van der Waals surface area contributed by atoms with Crippen LogP contribution in [0.4, 0.5) is 0 Å². The number of thiazole rings is 1. The van der Waals surface area contributed by atoms with Gasteiger partial charge in [-0.15, -0.1) is 11.3 Å². The van der Waals surface area contributed by atoms with Gasteiger partial charge in [0.2, 0.25) is 0 Å². The molecule has 0 fully saturated rings. The normalized spacial score (nSPS) is 12.6. The molecule has 0 spiro atoms. The molecule has 2 rings (SSSR count). The summed E-state index contributed by atoms with van der Waals surface area (Å²) in [6.45, 7) is 3.96. The summed E-state index contributed by atoms with van der Waals surface area (Å²) in [5.74, 6) is 0.